The van der Waals surface area contributed by atoms with Crippen LogP contribution in [0.2, 0.25) is 0 Å². The Morgan fingerprint density at radius 2 is 1.71 bits per heavy atom. The minimum absolute atomic E-state index is 0.0250. The fraction of sp³-hybridized carbons (Fsp3) is 0.278. The summed E-state index contributed by atoms with van der Waals surface area (Å²) in [5.74, 6) is 1.60. The number of methoxy groups -OCH3 is 3. The number of carbonyl (C=O) groups is 1. The van der Waals surface area contributed by atoms with Gasteiger partial charge in [0.2, 0.25) is 5.91 Å². The molecule has 1 aliphatic rings. The molecule has 0 unspecified atom stereocenters. The standard InChI is InChI=1S/C18H18BrNO4/c1-22-11-7-16(23-2)14(17(8-11)24-3)9-13-12-6-10(19)4-5-15(12)20-18(13)21/h4-8,13H,9H2,1-3H3,(H,20,21)/t13-/m0/s1. The smallest absolute Gasteiger partial charge is 0.232 e. The van der Waals surface area contributed by atoms with E-state index in [9.17, 15) is 4.79 Å². The van der Waals surface area contributed by atoms with Crippen LogP contribution in [-0.4, -0.2) is 27.2 Å². The lowest BCUT2D eigenvalue weighted by atomic mass is 9.92. The average Bonchev–Trinajstić information content (AvgIpc) is 2.90. The molecule has 1 aliphatic heterocycles. The molecule has 126 valence electrons. The number of hydrogen-bond donors (Lipinski definition) is 1. The molecule has 0 fully saturated rings. The van der Waals surface area contributed by atoms with Crippen molar-refractivity contribution in [3.8, 4) is 17.2 Å². The van der Waals surface area contributed by atoms with Crippen LogP contribution in [-0.2, 0) is 11.2 Å². The first-order chi connectivity index (χ1) is 11.6. The molecule has 1 atom stereocenters. The Balaban J connectivity index is 2.03. The van der Waals surface area contributed by atoms with Crippen molar-refractivity contribution in [2.45, 2.75) is 12.3 Å². The van der Waals surface area contributed by atoms with E-state index in [0.29, 0.717) is 23.7 Å². The van der Waals surface area contributed by atoms with E-state index in [2.05, 4.69) is 21.2 Å². The summed E-state index contributed by atoms with van der Waals surface area (Å²) in [5.41, 5.74) is 2.66. The second kappa shape index (κ2) is 6.73. The van der Waals surface area contributed by atoms with E-state index in [4.69, 9.17) is 14.2 Å². The van der Waals surface area contributed by atoms with E-state index in [1.54, 1.807) is 33.5 Å². The second-order valence-corrected chi connectivity index (χ2v) is 6.40. The van der Waals surface area contributed by atoms with Gasteiger partial charge in [-0.15, -0.1) is 0 Å². The quantitative estimate of drug-likeness (QED) is 0.842. The van der Waals surface area contributed by atoms with E-state index in [-0.39, 0.29) is 11.8 Å². The first-order valence-electron chi connectivity index (χ1n) is 7.46. The first kappa shape index (κ1) is 16.6. The van der Waals surface area contributed by atoms with Crippen molar-refractivity contribution in [3.63, 3.8) is 0 Å². The minimum Gasteiger partial charge on any atom is -0.496 e. The fourth-order valence-electron chi connectivity index (χ4n) is 2.98. The molecule has 3 rings (SSSR count). The number of anilines is 1. The largest absolute Gasteiger partial charge is 0.496 e. The van der Waals surface area contributed by atoms with Crippen LogP contribution in [0.5, 0.6) is 17.2 Å². The highest BCUT2D eigenvalue weighted by Crippen LogP contribution is 2.41. The maximum Gasteiger partial charge on any atom is 0.232 e. The van der Waals surface area contributed by atoms with Crippen LogP contribution in [0.4, 0.5) is 5.69 Å². The van der Waals surface area contributed by atoms with Crippen molar-refractivity contribution in [2.24, 2.45) is 0 Å². The summed E-state index contributed by atoms with van der Waals surface area (Å²) >= 11 is 3.47. The normalized spacial score (nSPS) is 15.7. The Hall–Kier alpha value is -2.21. The van der Waals surface area contributed by atoms with E-state index >= 15 is 0 Å². The zero-order chi connectivity index (χ0) is 17.3. The van der Waals surface area contributed by atoms with Gasteiger partial charge in [0.25, 0.3) is 0 Å². The molecule has 2 aromatic carbocycles. The average molecular weight is 392 g/mol. The van der Waals surface area contributed by atoms with Gasteiger partial charge in [-0.1, -0.05) is 15.9 Å². The minimum atomic E-state index is -0.298. The first-order valence-corrected chi connectivity index (χ1v) is 8.26. The predicted octanol–water partition coefficient (Wildman–Crippen LogP) is 3.75. The summed E-state index contributed by atoms with van der Waals surface area (Å²) in [7, 11) is 4.78. The number of fused-ring (bicyclic) bond motifs is 1. The SMILES string of the molecule is COc1cc(OC)c(C[C@@H]2C(=O)Nc3ccc(Br)cc32)c(OC)c1. The van der Waals surface area contributed by atoms with Gasteiger partial charge in [0.1, 0.15) is 17.2 Å². The highest BCUT2D eigenvalue weighted by atomic mass is 79.9. The zero-order valence-electron chi connectivity index (χ0n) is 13.7. The van der Waals surface area contributed by atoms with Crippen LogP contribution >= 0.6 is 15.9 Å². The van der Waals surface area contributed by atoms with Gasteiger partial charge in [-0.25, -0.2) is 0 Å². The molecule has 2 aromatic rings. The van der Waals surface area contributed by atoms with Crippen molar-refractivity contribution in [2.75, 3.05) is 26.6 Å². The lowest BCUT2D eigenvalue weighted by Crippen LogP contribution is -2.15. The lowest BCUT2D eigenvalue weighted by molar-refractivity contribution is -0.117. The maximum atomic E-state index is 12.4. The van der Waals surface area contributed by atoms with Gasteiger partial charge in [0.05, 0.1) is 27.2 Å². The number of ether oxygens (including phenoxy) is 3. The van der Waals surface area contributed by atoms with E-state index in [1.807, 2.05) is 18.2 Å². The number of rotatable bonds is 5. The van der Waals surface area contributed by atoms with E-state index < -0.39 is 0 Å². The Morgan fingerprint density at radius 1 is 1.04 bits per heavy atom. The molecule has 1 N–H and O–H groups in total. The zero-order valence-corrected chi connectivity index (χ0v) is 15.3. The number of carbonyl (C=O) groups excluding carboxylic acids is 1. The summed E-state index contributed by atoms with van der Waals surface area (Å²) in [6, 6.07) is 9.38. The Bertz CT molecular complexity index is 766. The molecule has 1 heterocycles. The van der Waals surface area contributed by atoms with Crippen LogP contribution in [0.25, 0.3) is 0 Å². The molecule has 0 saturated heterocycles. The molecule has 24 heavy (non-hydrogen) atoms. The number of amides is 1. The van der Waals surface area contributed by atoms with Gasteiger partial charge in [-0.2, -0.15) is 0 Å². The molecule has 0 bridgehead atoms. The number of halogens is 1. The predicted molar refractivity (Wildman–Crippen MR) is 95.3 cm³/mol. The van der Waals surface area contributed by atoms with Gasteiger partial charge in [-0.3, -0.25) is 4.79 Å². The second-order valence-electron chi connectivity index (χ2n) is 5.49. The van der Waals surface area contributed by atoms with Crippen LogP contribution in [0, 0.1) is 0 Å². The molecule has 0 radical (unpaired) electrons. The van der Waals surface area contributed by atoms with Crippen molar-refractivity contribution in [1.29, 1.82) is 0 Å². The number of nitrogens with one attached hydrogen (secondary N) is 1. The molecular formula is C18H18BrNO4. The van der Waals surface area contributed by atoms with Gasteiger partial charge >= 0.3 is 0 Å². The summed E-state index contributed by atoms with van der Waals surface area (Å²) in [4.78, 5) is 12.4. The molecule has 0 aliphatic carbocycles. The summed E-state index contributed by atoms with van der Waals surface area (Å²) in [6.07, 6.45) is 0.478. The topological polar surface area (TPSA) is 56.8 Å². The lowest BCUT2D eigenvalue weighted by Gasteiger charge is -2.17. The maximum absolute atomic E-state index is 12.4. The molecule has 6 heteroatoms. The Labute approximate surface area is 149 Å². The number of hydrogen-bond acceptors (Lipinski definition) is 4. The van der Waals surface area contributed by atoms with Gasteiger partial charge in [0, 0.05) is 27.9 Å². The Morgan fingerprint density at radius 3 is 2.29 bits per heavy atom. The summed E-state index contributed by atoms with van der Waals surface area (Å²) in [6.45, 7) is 0. The van der Waals surface area contributed by atoms with Crippen LogP contribution < -0.4 is 19.5 Å². The molecule has 0 saturated carbocycles. The van der Waals surface area contributed by atoms with Crippen molar-refractivity contribution in [3.05, 3.63) is 45.9 Å². The monoisotopic (exact) mass is 391 g/mol. The highest BCUT2D eigenvalue weighted by molar-refractivity contribution is 9.10. The van der Waals surface area contributed by atoms with Gasteiger partial charge < -0.3 is 19.5 Å². The van der Waals surface area contributed by atoms with Crippen molar-refractivity contribution >= 4 is 27.5 Å². The van der Waals surface area contributed by atoms with Crippen molar-refractivity contribution < 1.29 is 19.0 Å². The van der Waals surface area contributed by atoms with Crippen LogP contribution in [0.1, 0.15) is 17.0 Å². The van der Waals surface area contributed by atoms with Crippen LogP contribution in [0.3, 0.4) is 0 Å². The third kappa shape index (κ3) is 2.94. The van der Waals surface area contributed by atoms with E-state index in [0.717, 1.165) is 21.3 Å². The van der Waals surface area contributed by atoms with E-state index in [1.165, 1.54) is 0 Å². The highest BCUT2D eigenvalue weighted by Gasteiger charge is 2.32. The summed E-state index contributed by atoms with van der Waals surface area (Å²) < 4.78 is 17.2. The number of benzene rings is 2. The molecule has 5 nitrogen and oxygen atoms in total. The van der Waals surface area contributed by atoms with Crippen molar-refractivity contribution in [1.82, 2.24) is 0 Å². The molecule has 0 spiro atoms. The molecular weight excluding hydrogens is 374 g/mol. The third-order valence-electron chi connectivity index (χ3n) is 4.19. The molecule has 1 amide bonds. The Kier molecular flexibility index (Phi) is 4.66. The third-order valence-corrected chi connectivity index (χ3v) is 4.68. The summed E-state index contributed by atoms with van der Waals surface area (Å²) in [5, 5.41) is 2.93. The fourth-order valence-corrected chi connectivity index (χ4v) is 3.36. The molecule has 0 aromatic heterocycles. The van der Waals surface area contributed by atoms with Crippen LogP contribution in [0.15, 0.2) is 34.8 Å². The van der Waals surface area contributed by atoms with Gasteiger partial charge in [0.15, 0.2) is 0 Å². The van der Waals surface area contributed by atoms with Gasteiger partial charge in [-0.05, 0) is 30.2 Å².